The molecule has 1 rings (SSSR count). The molecule has 1 unspecified atom stereocenters. The van der Waals surface area contributed by atoms with E-state index in [9.17, 15) is 0 Å². The Balaban J connectivity index is 2.30. The van der Waals surface area contributed by atoms with Crippen LogP contribution in [0.3, 0.4) is 0 Å². The number of rotatable bonds is 7. The molecule has 3 nitrogen and oxygen atoms in total. The molecule has 0 spiro atoms. The average Bonchev–Trinajstić information content (AvgIpc) is 2.64. The Morgan fingerprint density at radius 2 is 2.20 bits per heavy atom. The van der Waals surface area contributed by atoms with E-state index in [4.69, 9.17) is 0 Å². The third-order valence-electron chi connectivity index (χ3n) is 2.52. The summed E-state index contributed by atoms with van der Waals surface area (Å²) in [5.74, 6) is 0.740. The van der Waals surface area contributed by atoms with Crippen molar-refractivity contribution in [2.75, 3.05) is 11.9 Å². The summed E-state index contributed by atoms with van der Waals surface area (Å²) in [4.78, 5) is 0. The van der Waals surface area contributed by atoms with Gasteiger partial charge < -0.3 is 5.32 Å². The van der Waals surface area contributed by atoms with Crippen molar-refractivity contribution in [2.45, 2.75) is 46.6 Å². The number of hydrogen-bond acceptors (Lipinski definition) is 2. The molecule has 1 heterocycles. The zero-order valence-electron chi connectivity index (χ0n) is 10.2. The van der Waals surface area contributed by atoms with Crippen molar-refractivity contribution in [1.82, 2.24) is 9.78 Å². The van der Waals surface area contributed by atoms with E-state index in [1.807, 2.05) is 10.9 Å². The van der Waals surface area contributed by atoms with Crippen LogP contribution in [-0.4, -0.2) is 16.3 Å². The molecule has 0 saturated carbocycles. The lowest BCUT2D eigenvalue weighted by Gasteiger charge is -2.10. The molecular formula is C12H23N3. The van der Waals surface area contributed by atoms with Gasteiger partial charge in [-0.1, -0.05) is 27.2 Å². The van der Waals surface area contributed by atoms with E-state index in [1.165, 1.54) is 12.8 Å². The highest BCUT2D eigenvalue weighted by Crippen LogP contribution is 2.09. The van der Waals surface area contributed by atoms with Crippen LogP contribution in [0.15, 0.2) is 12.4 Å². The van der Waals surface area contributed by atoms with Gasteiger partial charge in [0.2, 0.25) is 0 Å². The van der Waals surface area contributed by atoms with Gasteiger partial charge in [0.25, 0.3) is 0 Å². The van der Waals surface area contributed by atoms with Crippen LogP contribution in [0.25, 0.3) is 0 Å². The van der Waals surface area contributed by atoms with Crippen LogP contribution in [0.5, 0.6) is 0 Å². The van der Waals surface area contributed by atoms with Crippen molar-refractivity contribution in [2.24, 2.45) is 5.92 Å². The number of hydrogen-bond donors (Lipinski definition) is 1. The van der Waals surface area contributed by atoms with E-state index in [0.717, 1.165) is 31.1 Å². The first-order valence-corrected chi connectivity index (χ1v) is 6.02. The molecule has 0 aliphatic heterocycles. The highest BCUT2D eigenvalue weighted by atomic mass is 15.3. The van der Waals surface area contributed by atoms with Crippen molar-refractivity contribution >= 4 is 5.69 Å². The first-order valence-electron chi connectivity index (χ1n) is 6.02. The first-order chi connectivity index (χ1) is 7.26. The second-order valence-electron chi connectivity index (χ2n) is 4.27. The molecule has 0 aliphatic carbocycles. The van der Waals surface area contributed by atoms with Gasteiger partial charge in [-0.3, -0.25) is 4.68 Å². The summed E-state index contributed by atoms with van der Waals surface area (Å²) in [5, 5.41) is 7.71. The maximum Gasteiger partial charge on any atom is 0.0726 e. The van der Waals surface area contributed by atoms with Gasteiger partial charge in [-0.05, 0) is 18.8 Å². The van der Waals surface area contributed by atoms with Crippen LogP contribution in [-0.2, 0) is 6.54 Å². The number of aryl methyl sites for hydroxylation is 1. The summed E-state index contributed by atoms with van der Waals surface area (Å²) in [6.07, 6.45) is 7.68. The van der Waals surface area contributed by atoms with Crippen molar-refractivity contribution in [3.05, 3.63) is 12.4 Å². The second kappa shape index (κ2) is 6.49. The normalized spacial score (nSPS) is 12.7. The minimum absolute atomic E-state index is 0.740. The molecule has 1 N–H and O–H groups in total. The predicted molar refractivity (Wildman–Crippen MR) is 65.1 cm³/mol. The Labute approximate surface area is 92.9 Å². The second-order valence-corrected chi connectivity index (χ2v) is 4.27. The van der Waals surface area contributed by atoms with Crippen molar-refractivity contribution in [1.29, 1.82) is 0 Å². The van der Waals surface area contributed by atoms with Gasteiger partial charge in [-0.15, -0.1) is 0 Å². The number of aromatic nitrogens is 2. The summed E-state index contributed by atoms with van der Waals surface area (Å²) in [6.45, 7) is 8.73. The molecule has 0 amide bonds. The molecule has 0 saturated heterocycles. The molecule has 1 atom stereocenters. The van der Waals surface area contributed by atoms with Gasteiger partial charge in [-0.25, -0.2) is 0 Å². The van der Waals surface area contributed by atoms with E-state index >= 15 is 0 Å². The van der Waals surface area contributed by atoms with Crippen molar-refractivity contribution < 1.29 is 0 Å². The third-order valence-corrected chi connectivity index (χ3v) is 2.52. The minimum Gasteiger partial charge on any atom is -0.382 e. The Morgan fingerprint density at radius 1 is 1.40 bits per heavy atom. The average molecular weight is 209 g/mol. The quantitative estimate of drug-likeness (QED) is 0.747. The summed E-state index contributed by atoms with van der Waals surface area (Å²) >= 11 is 0. The molecule has 0 aromatic carbocycles. The minimum atomic E-state index is 0.740. The predicted octanol–water partition coefficient (Wildman–Crippen LogP) is 3.14. The SMILES string of the molecule is CCCC(C)CNc1cnn(CCC)c1. The largest absolute Gasteiger partial charge is 0.382 e. The Hall–Kier alpha value is -0.990. The summed E-state index contributed by atoms with van der Waals surface area (Å²) in [5.41, 5.74) is 1.14. The van der Waals surface area contributed by atoms with E-state index in [1.54, 1.807) is 0 Å². The lowest BCUT2D eigenvalue weighted by Crippen LogP contribution is -2.10. The lowest BCUT2D eigenvalue weighted by atomic mass is 10.1. The van der Waals surface area contributed by atoms with Crippen LogP contribution in [0.1, 0.15) is 40.0 Å². The number of nitrogens with one attached hydrogen (secondary N) is 1. The van der Waals surface area contributed by atoms with Crippen LogP contribution < -0.4 is 5.32 Å². The Morgan fingerprint density at radius 3 is 2.87 bits per heavy atom. The zero-order valence-corrected chi connectivity index (χ0v) is 10.2. The van der Waals surface area contributed by atoms with Gasteiger partial charge in [0.1, 0.15) is 0 Å². The summed E-state index contributed by atoms with van der Waals surface area (Å²) < 4.78 is 1.99. The zero-order chi connectivity index (χ0) is 11.1. The molecule has 86 valence electrons. The van der Waals surface area contributed by atoms with Gasteiger partial charge in [0.05, 0.1) is 11.9 Å². The molecule has 0 bridgehead atoms. The maximum absolute atomic E-state index is 4.28. The van der Waals surface area contributed by atoms with Crippen molar-refractivity contribution in [3.63, 3.8) is 0 Å². The lowest BCUT2D eigenvalue weighted by molar-refractivity contribution is 0.550. The van der Waals surface area contributed by atoms with E-state index in [0.29, 0.717) is 0 Å². The van der Waals surface area contributed by atoms with Crippen LogP contribution in [0.2, 0.25) is 0 Å². The van der Waals surface area contributed by atoms with Crippen LogP contribution in [0, 0.1) is 5.92 Å². The molecule has 0 aliphatic rings. The fourth-order valence-electron chi connectivity index (χ4n) is 1.69. The van der Waals surface area contributed by atoms with Crippen LogP contribution in [0.4, 0.5) is 5.69 Å². The summed E-state index contributed by atoms with van der Waals surface area (Å²) in [7, 11) is 0. The van der Waals surface area contributed by atoms with E-state index in [-0.39, 0.29) is 0 Å². The smallest absolute Gasteiger partial charge is 0.0726 e. The van der Waals surface area contributed by atoms with Gasteiger partial charge in [-0.2, -0.15) is 5.10 Å². The molecule has 0 fully saturated rings. The highest BCUT2D eigenvalue weighted by molar-refractivity contribution is 5.37. The van der Waals surface area contributed by atoms with Crippen LogP contribution >= 0.6 is 0 Å². The van der Waals surface area contributed by atoms with Gasteiger partial charge >= 0.3 is 0 Å². The standard InChI is InChI=1S/C12H23N3/c1-4-6-11(3)8-13-12-9-14-15(10-12)7-5-2/h9-11,13H,4-8H2,1-3H3. The van der Waals surface area contributed by atoms with E-state index < -0.39 is 0 Å². The van der Waals surface area contributed by atoms with Gasteiger partial charge in [0, 0.05) is 19.3 Å². The molecular weight excluding hydrogens is 186 g/mol. The summed E-state index contributed by atoms with van der Waals surface area (Å²) in [6, 6.07) is 0. The van der Waals surface area contributed by atoms with Gasteiger partial charge in [0.15, 0.2) is 0 Å². The molecule has 0 radical (unpaired) electrons. The highest BCUT2D eigenvalue weighted by Gasteiger charge is 2.01. The fraction of sp³-hybridized carbons (Fsp3) is 0.750. The Bertz CT molecular complexity index is 268. The monoisotopic (exact) mass is 209 g/mol. The molecule has 15 heavy (non-hydrogen) atoms. The molecule has 1 aromatic rings. The number of nitrogens with zero attached hydrogens (tertiary/aromatic N) is 2. The third kappa shape index (κ3) is 4.36. The molecule has 3 heteroatoms. The topological polar surface area (TPSA) is 29.9 Å². The number of anilines is 1. The van der Waals surface area contributed by atoms with Crippen molar-refractivity contribution in [3.8, 4) is 0 Å². The van der Waals surface area contributed by atoms with E-state index in [2.05, 4.69) is 37.4 Å². The fourth-order valence-corrected chi connectivity index (χ4v) is 1.69. The molecule has 1 aromatic heterocycles. The Kier molecular flexibility index (Phi) is 5.22. The first kappa shape index (κ1) is 12.1. The maximum atomic E-state index is 4.28.